The van der Waals surface area contributed by atoms with Crippen LogP contribution >= 0.6 is 11.6 Å². The van der Waals surface area contributed by atoms with Crippen LogP contribution < -0.4 is 10.3 Å². The predicted octanol–water partition coefficient (Wildman–Crippen LogP) is 3.78. The summed E-state index contributed by atoms with van der Waals surface area (Å²) in [6.07, 6.45) is 0. The molecule has 0 fully saturated rings. The number of hydrogen-bond acceptors (Lipinski definition) is 3. The quantitative estimate of drug-likeness (QED) is 0.799. The maximum atomic E-state index is 14.4. The lowest BCUT2D eigenvalue weighted by Crippen LogP contribution is -2.10. The Morgan fingerprint density at radius 2 is 2.05 bits per heavy atom. The van der Waals surface area contributed by atoms with Gasteiger partial charge in [-0.05, 0) is 31.2 Å². The standard InChI is InChI=1S/C16H12ClFN2O2/c1-2-22-12-8-7-10(14(18)13(12)17)15-19-11-6-4-3-5-9(11)16(21)20-15/h3-8H,2H2,1H3,(H,19,20,21). The summed E-state index contributed by atoms with van der Waals surface area (Å²) in [6, 6.07) is 9.90. The minimum atomic E-state index is -0.675. The Bertz CT molecular complexity index is 908. The summed E-state index contributed by atoms with van der Waals surface area (Å²) in [4.78, 5) is 18.9. The van der Waals surface area contributed by atoms with Gasteiger partial charge in [0, 0.05) is 0 Å². The Labute approximate surface area is 130 Å². The van der Waals surface area contributed by atoms with Gasteiger partial charge in [0.1, 0.15) is 16.6 Å². The summed E-state index contributed by atoms with van der Waals surface area (Å²) in [5.41, 5.74) is 0.284. The van der Waals surface area contributed by atoms with Crippen molar-refractivity contribution in [2.45, 2.75) is 6.92 Å². The molecule has 6 heteroatoms. The monoisotopic (exact) mass is 318 g/mol. The molecule has 0 bridgehead atoms. The van der Waals surface area contributed by atoms with Crippen molar-refractivity contribution in [2.24, 2.45) is 0 Å². The van der Waals surface area contributed by atoms with Gasteiger partial charge < -0.3 is 9.72 Å². The van der Waals surface area contributed by atoms with Gasteiger partial charge in [-0.15, -0.1) is 0 Å². The SMILES string of the molecule is CCOc1ccc(-c2nc3ccccc3c(=O)[nH]2)c(F)c1Cl. The molecule has 22 heavy (non-hydrogen) atoms. The Balaban J connectivity index is 2.20. The van der Waals surface area contributed by atoms with Crippen molar-refractivity contribution in [3.8, 4) is 17.1 Å². The van der Waals surface area contributed by atoms with Crippen molar-refractivity contribution in [1.29, 1.82) is 0 Å². The second-order valence-electron chi connectivity index (χ2n) is 4.60. The zero-order chi connectivity index (χ0) is 15.7. The smallest absolute Gasteiger partial charge is 0.259 e. The van der Waals surface area contributed by atoms with E-state index in [1.807, 2.05) is 0 Å². The Hall–Kier alpha value is -2.40. The third kappa shape index (κ3) is 2.44. The first-order chi connectivity index (χ1) is 10.6. The number of rotatable bonds is 3. The summed E-state index contributed by atoms with van der Waals surface area (Å²) in [7, 11) is 0. The van der Waals surface area contributed by atoms with Crippen molar-refractivity contribution >= 4 is 22.5 Å². The number of hydrogen-bond donors (Lipinski definition) is 1. The van der Waals surface area contributed by atoms with Gasteiger partial charge in [-0.3, -0.25) is 4.79 Å². The number of fused-ring (bicyclic) bond motifs is 1. The van der Waals surface area contributed by atoms with Crippen molar-refractivity contribution in [3.63, 3.8) is 0 Å². The van der Waals surface area contributed by atoms with Crippen LogP contribution in [0.5, 0.6) is 5.75 Å². The van der Waals surface area contributed by atoms with Gasteiger partial charge in [-0.2, -0.15) is 0 Å². The van der Waals surface area contributed by atoms with Crippen LogP contribution in [0.4, 0.5) is 4.39 Å². The topological polar surface area (TPSA) is 55.0 Å². The first kappa shape index (κ1) is 14.5. The van der Waals surface area contributed by atoms with E-state index in [9.17, 15) is 9.18 Å². The molecule has 1 aromatic heterocycles. The summed E-state index contributed by atoms with van der Waals surface area (Å²) < 4.78 is 19.7. The van der Waals surface area contributed by atoms with Crippen LogP contribution in [0.15, 0.2) is 41.2 Å². The van der Waals surface area contributed by atoms with E-state index in [4.69, 9.17) is 16.3 Å². The first-order valence-corrected chi connectivity index (χ1v) is 7.10. The maximum absolute atomic E-state index is 14.4. The summed E-state index contributed by atoms with van der Waals surface area (Å²) in [5.74, 6) is -0.286. The van der Waals surface area contributed by atoms with Gasteiger partial charge in [0.2, 0.25) is 0 Å². The molecule has 0 aliphatic rings. The number of para-hydroxylation sites is 1. The molecule has 2 aromatic carbocycles. The van der Waals surface area contributed by atoms with E-state index >= 15 is 0 Å². The lowest BCUT2D eigenvalue weighted by molar-refractivity contribution is 0.338. The zero-order valence-electron chi connectivity index (χ0n) is 11.7. The van der Waals surface area contributed by atoms with Crippen molar-refractivity contribution in [3.05, 3.63) is 57.6 Å². The Morgan fingerprint density at radius 3 is 2.82 bits per heavy atom. The van der Waals surface area contributed by atoms with E-state index in [1.165, 1.54) is 6.07 Å². The highest BCUT2D eigenvalue weighted by Gasteiger charge is 2.16. The molecule has 0 saturated carbocycles. The molecular weight excluding hydrogens is 307 g/mol. The number of aromatic nitrogens is 2. The molecule has 3 aromatic rings. The van der Waals surface area contributed by atoms with Crippen LogP contribution in [0, 0.1) is 5.82 Å². The minimum absolute atomic E-state index is 0.122. The van der Waals surface area contributed by atoms with E-state index in [0.717, 1.165) is 0 Å². The minimum Gasteiger partial charge on any atom is -0.492 e. The molecule has 3 rings (SSSR count). The van der Waals surface area contributed by atoms with Crippen LogP contribution in [0.2, 0.25) is 5.02 Å². The molecule has 112 valence electrons. The van der Waals surface area contributed by atoms with Crippen LogP contribution in [-0.4, -0.2) is 16.6 Å². The molecule has 0 radical (unpaired) electrons. The molecular formula is C16H12ClFN2O2. The Morgan fingerprint density at radius 1 is 1.27 bits per heavy atom. The zero-order valence-corrected chi connectivity index (χ0v) is 12.4. The van der Waals surface area contributed by atoms with Crippen LogP contribution in [-0.2, 0) is 0 Å². The van der Waals surface area contributed by atoms with Crippen LogP contribution in [0.25, 0.3) is 22.3 Å². The van der Waals surface area contributed by atoms with Crippen LogP contribution in [0.3, 0.4) is 0 Å². The van der Waals surface area contributed by atoms with Gasteiger partial charge in [0.15, 0.2) is 5.82 Å². The third-order valence-corrected chi connectivity index (χ3v) is 3.57. The van der Waals surface area contributed by atoms with Gasteiger partial charge in [0.25, 0.3) is 5.56 Å². The third-order valence-electron chi connectivity index (χ3n) is 3.21. The maximum Gasteiger partial charge on any atom is 0.259 e. The average Bonchev–Trinajstić information content (AvgIpc) is 2.52. The second kappa shape index (κ2) is 5.77. The van der Waals surface area contributed by atoms with Crippen molar-refractivity contribution < 1.29 is 9.13 Å². The number of nitrogens with one attached hydrogen (secondary N) is 1. The molecule has 0 unspecified atom stereocenters. The fraction of sp³-hybridized carbons (Fsp3) is 0.125. The van der Waals surface area contributed by atoms with Crippen molar-refractivity contribution in [2.75, 3.05) is 6.61 Å². The van der Waals surface area contributed by atoms with E-state index in [0.29, 0.717) is 17.5 Å². The molecule has 0 saturated heterocycles. The van der Waals surface area contributed by atoms with Gasteiger partial charge in [-0.1, -0.05) is 23.7 Å². The molecule has 0 spiro atoms. The summed E-state index contributed by atoms with van der Waals surface area (Å²) in [5, 5.41) is 0.318. The fourth-order valence-corrected chi connectivity index (χ4v) is 2.41. The van der Waals surface area contributed by atoms with E-state index in [-0.39, 0.29) is 27.7 Å². The molecule has 0 atom stereocenters. The van der Waals surface area contributed by atoms with Gasteiger partial charge in [0.05, 0.1) is 23.1 Å². The van der Waals surface area contributed by atoms with E-state index < -0.39 is 5.82 Å². The summed E-state index contributed by atoms with van der Waals surface area (Å²) in [6.45, 7) is 2.16. The first-order valence-electron chi connectivity index (χ1n) is 6.72. The molecule has 1 heterocycles. The van der Waals surface area contributed by atoms with E-state index in [1.54, 1.807) is 37.3 Å². The second-order valence-corrected chi connectivity index (χ2v) is 4.98. The number of H-pyrrole nitrogens is 1. The molecule has 4 nitrogen and oxygen atoms in total. The number of nitrogens with zero attached hydrogens (tertiary/aromatic N) is 1. The lowest BCUT2D eigenvalue weighted by Gasteiger charge is -2.10. The normalized spacial score (nSPS) is 10.9. The predicted molar refractivity (Wildman–Crippen MR) is 83.9 cm³/mol. The Kier molecular flexibility index (Phi) is 3.81. The number of aromatic amines is 1. The number of halogens is 2. The molecule has 0 amide bonds. The van der Waals surface area contributed by atoms with Gasteiger partial charge in [-0.25, -0.2) is 9.37 Å². The highest BCUT2D eigenvalue weighted by molar-refractivity contribution is 6.32. The molecule has 0 aliphatic carbocycles. The average molecular weight is 319 g/mol. The molecule has 1 N–H and O–H groups in total. The lowest BCUT2D eigenvalue weighted by atomic mass is 10.1. The number of benzene rings is 2. The summed E-state index contributed by atoms with van der Waals surface area (Å²) >= 11 is 5.97. The van der Waals surface area contributed by atoms with Crippen LogP contribution in [0.1, 0.15) is 6.92 Å². The highest BCUT2D eigenvalue weighted by Crippen LogP contribution is 2.33. The van der Waals surface area contributed by atoms with Crippen molar-refractivity contribution in [1.82, 2.24) is 9.97 Å². The highest BCUT2D eigenvalue weighted by atomic mass is 35.5. The van der Waals surface area contributed by atoms with E-state index in [2.05, 4.69) is 9.97 Å². The molecule has 0 aliphatic heterocycles. The van der Waals surface area contributed by atoms with Gasteiger partial charge >= 0.3 is 0 Å². The number of ether oxygens (including phenoxy) is 1. The largest absolute Gasteiger partial charge is 0.492 e. The fourth-order valence-electron chi connectivity index (χ4n) is 2.20.